The molecule has 1 aliphatic heterocycles. The van der Waals surface area contributed by atoms with Crippen LogP contribution in [0.4, 0.5) is 15.8 Å². The van der Waals surface area contributed by atoms with Crippen LogP contribution in [-0.4, -0.2) is 52.2 Å². The van der Waals surface area contributed by atoms with Gasteiger partial charge in [0.2, 0.25) is 0 Å². The number of halogens is 1. The van der Waals surface area contributed by atoms with Crippen molar-refractivity contribution in [2.45, 2.75) is 6.04 Å². The highest BCUT2D eigenvalue weighted by molar-refractivity contribution is 6.51. The molecule has 0 bridgehead atoms. The molecule has 37 heavy (non-hydrogen) atoms. The van der Waals surface area contributed by atoms with Gasteiger partial charge in [0.05, 0.1) is 38.5 Å². The lowest BCUT2D eigenvalue weighted by Crippen LogP contribution is -2.29. The molecule has 1 fully saturated rings. The molecule has 0 radical (unpaired) electrons. The molecule has 3 aromatic rings. The Bertz CT molecular complexity index is 1380. The molecule has 3 aromatic carbocycles. The van der Waals surface area contributed by atoms with Gasteiger partial charge in [-0.15, -0.1) is 0 Å². The Balaban J connectivity index is 1.98. The van der Waals surface area contributed by atoms with Gasteiger partial charge in [-0.1, -0.05) is 12.1 Å². The van der Waals surface area contributed by atoms with Crippen molar-refractivity contribution >= 4 is 28.8 Å². The molecule has 0 spiro atoms. The third-order valence-corrected chi connectivity index (χ3v) is 6.23. The van der Waals surface area contributed by atoms with Crippen LogP contribution >= 0.6 is 0 Å². The number of carbonyl (C=O) groups is 2. The molecule has 0 saturated carbocycles. The molecule has 8 nitrogen and oxygen atoms in total. The van der Waals surface area contributed by atoms with Crippen LogP contribution in [0.25, 0.3) is 5.76 Å². The molecular weight excluding hydrogens is 479 g/mol. The fourth-order valence-corrected chi connectivity index (χ4v) is 4.35. The van der Waals surface area contributed by atoms with E-state index in [0.29, 0.717) is 22.7 Å². The first-order chi connectivity index (χ1) is 17.7. The maximum Gasteiger partial charge on any atom is 0.300 e. The lowest BCUT2D eigenvalue weighted by molar-refractivity contribution is -0.132. The molecule has 1 heterocycles. The number of anilines is 2. The van der Waals surface area contributed by atoms with Crippen LogP contribution in [0, 0.1) is 5.82 Å². The van der Waals surface area contributed by atoms with Gasteiger partial charge in [0.1, 0.15) is 17.3 Å². The third kappa shape index (κ3) is 4.55. The topological polar surface area (TPSA) is 88.5 Å². The Labute approximate surface area is 214 Å². The monoisotopic (exact) mass is 506 g/mol. The average molecular weight is 507 g/mol. The van der Waals surface area contributed by atoms with Crippen LogP contribution in [0.2, 0.25) is 0 Å². The Morgan fingerprint density at radius 1 is 0.865 bits per heavy atom. The molecule has 0 aromatic heterocycles. The van der Waals surface area contributed by atoms with Crippen molar-refractivity contribution in [3.05, 3.63) is 83.2 Å². The number of methoxy groups -OCH3 is 3. The first-order valence-electron chi connectivity index (χ1n) is 11.4. The molecule has 192 valence electrons. The SMILES string of the molecule is COc1ccc(N2C(=O)C(=O)/C(=C(/O)c3cc(F)ccc3OC)C2c2ccc(N(C)C)cc2)cc1OC. The summed E-state index contributed by atoms with van der Waals surface area (Å²) in [6, 6.07) is 14.6. The maximum absolute atomic E-state index is 14.2. The number of nitrogens with zero attached hydrogens (tertiary/aromatic N) is 2. The van der Waals surface area contributed by atoms with Crippen molar-refractivity contribution in [1.82, 2.24) is 0 Å². The first kappa shape index (κ1) is 25.6. The smallest absolute Gasteiger partial charge is 0.300 e. The molecular formula is C28H27FN2O6. The van der Waals surface area contributed by atoms with Crippen molar-refractivity contribution in [3.8, 4) is 17.2 Å². The van der Waals surface area contributed by atoms with Gasteiger partial charge in [0.15, 0.2) is 11.5 Å². The summed E-state index contributed by atoms with van der Waals surface area (Å²) in [5.74, 6) is -2.00. The summed E-state index contributed by atoms with van der Waals surface area (Å²) >= 11 is 0. The minimum Gasteiger partial charge on any atom is -0.507 e. The lowest BCUT2D eigenvalue weighted by Gasteiger charge is -2.26. The van der Waals surface area contributed by atoms with Crippen molar-refractivity contribution in [2.24, 2.45) is 0 Å². The Hall–Kier alpha value is -4.53. The van der Waals surface area contributed by atoms with Crippen molar-refractivity contribution in [1.29, 1.82) is 0 Å². The summed E-state index contributed by atoms with van der Waals surface area (Å²) in [5, 5.41) is 11.3. The van der Waals surface area contributed by atoms with Gasteiger partial charge in [0.25, 0.3) is 11.7 Å². The minimum absolute atomic E-state index is 0.0391. The van der Waals surface area contributed by atoms with E-state index in [4.69, 9.17) is 14.2 Å². The summed E-state index contributed by atoms with van der Waals surface area (Å²) in [4.78, 5) is 30.0. The second-order valence-electron chi connectivity index (χ2n) is 8.54. The fourth-order valence-electron chi connectivity index (χ4n) is 4.35. The average Bonchev–Trinajstić information content (AvgIpc) is 3.17. The van der Waals surface area contributed by atoms with E-state index in [1.165, 1.54) is 38.4 Å². The van der Waals surface area contributed by atoms with E-state index in [0.717, 1.165) is 11.8 Å². The Kier molecular flexibility index (Phi) is 7.06. The van der Waals surface area contributed by atoms with Crippen LogP contribution in [-0.2, 0) is 9.59 Å². The molecule has 0 aliphatic carbocycles. The molecule has 9 heteroatoms. The van der Waals surface area contributed by atoms with E-state index in [2.05, 4.69) is 0 Å². The molecule has 1 aliphatic rings. The fraction of sp³-hybridized carbons (Fsp3) is 0.214. The van der Waals surface area contributed by atoms with Crippen LogP contribution in [0.1, 0.15) is 17.2 Å². The summed E-state index contributed by atoms with van der Waals surface area (Å²) in [6.45, 7) is 0. The number of aliphatic hydroxyl groups excluding tert-OH is 1. The zero-order valence-corrected chi connectivity index (χ0v) is 21.1. The van der Waals surface area contributed by atoms with E-state index in [9.17, 15) is 19.1 Å². The number of hydrogen-bond donors (Lipinski definition) is 1. The van der Waals surface area contributed by atoms with Gasteiger partial charge in [-0.05, 0) is 48.0 Å². The Morgan fingerprint density at radius 3 is 2.08 bits per heavy atom. The van der Waals surface area contributed by atoms with Crippen molar-refractivity contribution in [2.75, 3.05) is 45.2 Å². The van der Waals surface area contributed by atoms with Crippen LogP contribution in [0.3, 0.4) is 0 Å². The van der Waals surface area contributed by atoms with E-state index in [1.54, 1.807) is 30.3 Å². The quantitative estimate of drug-likeness (QED) is 0.286. The van der Waals surface area contributed by atoms with E-state index in [-0.39, 0.29) is 16.9 Å². The third-order valence-electron chi connectivity index (χ3n) is 6.23. The lowest BCUT2D eigenvalue weighted by atomic mass is 9.94. The second kappa shape index (κ2) is 10.2. The summed E-state index contributed by atoms with van der Waals surface area (Å²) < 4.78 is 30.1. The maximum atomic E-state index is 14.2. The molecule has 1 unspecified atom stereocenters. The standard InChI is InChI=1S/C28H27FN2O6/c1-30(2)18-9-6-16(7-10-18)25-24(26(32)20-14-17(29)8-12-21(20)35-3)27(33)28(34)31(25)19-11-13-22(36-4)23(15-19)37-5/h6-15,25,32H,1-5H3/b26-24+. The Morgan fingerprint density at radius 2 is 1.49 bits per heavy atom. The number of carbonyl (C=O) groups excluding carboxylic acids is 2. The summed E-state index contributed by atoms with van der Waals surface area (Å²) in [7, 11) is 8.09. The molecule has 4 rings (SSSR count). The highest BCUT2D eigenvalue weighted by atomic mass is 19.1. The molecule has 1 N–H and O–H groups in total. The van der Waals surface area contributed by atoms with Crippen LogP contribution in [0.5, 0.6) is 17.2 Å². The number of Topliss-reactive ketones (excluding diaryl/α,β-unsaturated/α-hetero) is 1. The van der Waals surface area contributed by atoms with Gasteiger partial charge in [-0.25, -0.2) is 4.39 Å². The predicted molar refractivity (Wildman–Crippen MR) is 138 cm³/mol. The van der Waals surface area contributed by atoms with Crippen molar-refractivity contribution < 1.29 is 33.3 Å². The molecule has 1 saturated heterocycles. The second-order valence-corrected chi connectivity index (χ2v) is 8.54. The van der Waals surface area contributed by atoms with E-state index in [1.807, 2.05) is 31.1 Å². The molecule has 1 amide bonds. The summed E-state index contributed by atoms with van der Waals surface area (Å²) in [6.07, 6.45) is 0. The number of ether oxygens (including phenoxy) is 3. The number of ketones is 1. The van der Waals surface area contributed by atoms with Crippen molar-refractivity contribution in [3.63, 3.8) is 0 Å². The highest BCUT2D eigenvalue weighted by Gasteiger charge is 2.47. The number of rotatable bonds is 7. The highest BCUT2D eigenvalue weighted by Crippen LogP contribution is 2.45. The summed E-state index contributed by atoms with van der Waals surface area (Å²) in [5.41, 5.74) is 1.59. The first-order valence-corrected chi connectivity index (χ1v) is 11.4. The van der Waals surface area contributed by atoms with Gasteiger partial charge < -0.3 is 24.2 Å². The molecule has 1 atom stereocenters. The van der Waals surface area contributed by atoms with Gasteiger partial charge in [-0.2, -0.15) is 0 Å². The number of amides is 1. The minimum atomic E-state index is -1.01. The zero-order valence-electron chi connectivity index (χ0n) is 21.1. The van der Waals surface area contributed by atoms with Gasteiger partial charge in [-0.3, -0.25) is 14.5 Å². The van der Waals surface area contributed by atoms with Crippen LogP contribution in [0.15, 0.2) is 66.2 Å². The number of benzene rings is 3. The van der Waals surface area contributed by atoms with Crippen LogP contribution < -0.4 is 24.0 Å². The predicted octanol–water partition coefficient (Wildman–Crippen LogP) is 4.54. The normalized spacial score (nSPS) is 16.6. The van der Waals surface area contributed by atoms with Gasteiger partial charge >= 0.3 is 0 Å². The van der Waals surface area contributed by atoms with E-state index < -0.39 is 29.3 Å². The van der Waals surface area contributed by atoms with E-state index >= 15 is 0 Å². The largest absolute Gasteiger partial charge is 0.507 e. The number of hydrogen-bond acceptors (Lipinski definition) is 7. The van der Waals surface area contributed by atoms with Gasteiger partial charge in [0, 0.05) is 31.5 Å². The zero-order chi connectivity index (χ0) is 26.9. The number of aliphatic hydroxyl groups is 1.